The van der Waals surface area contributed by atoms with Gasteiger partial charge in [0.25, 0.3) is 15.9 Å². The highest BCUT2D eigenvalue weighted by Crippen LogP contribution is 2.24. The summed E-state index contributed by atoms with van der Waals surface area (Å²) in [5, 5.41) is 3.03. The SMILES string of the molecule is O=C(Nc1ccc(F)c(S(=O)(=O)Nc2ccc(Cl)cc2)c1)c1cccc(-c2cncnc2)c1. The lowest BCUT2D eigenvalue weighted by Crippen LogP contribution is -2.16. The third-order valence-corrected chi connectivity index (χ3v) is 6.24. The molecule has 0 aliphatic rings. The van der Waals surface area contributed by atoms with Gasteiger partial charge in [0, 0.05) is 39.9 Å². The van der Waals surface area contributed by atoms with E-state index < -0.39 is 26.6 Å². The topological polar surface area (TPSA) is 101 Å². The van der Waals surface area contributed by atoms with E-state index >= 15 is 0 Å². The van der Waals surface area contributed by atoms with Crippen LogP contribution in [0, 0.1) is 5.82 Å². The van der Waals surface area contributed by atoms with E-state index in [9.17, 15) is 17.6 Å². The normalized spacial score (nSPS) is 11.1. The fraction of sp³-hybridized carbons (Fsp3) is 0. The monoisotopic (exact) mass is 482 g/mol. The number of halogens is 2. The highest BCUT2D eigenvalue weighted by atomic mass is 35.5. The fourth-order valence-corrected chi connectivity index (χ4v) is 4.30. The van der Waals surface area contributed by atoms with Crippen LogP contribution in [0.2, 0.25) is 5.02 Å². The maximum Gasteiger partial charge on any atom is 0.264 e. The Labute approximate surface area is 194 Å². The quantitative estimate of drug-likeness (QED) is 0.403. The van der Waals surface area contributed by atoms with Crippen LogP contribution in [0.15, 0.2) is 90.3 Å². The van der Waals surface area contributed by atoms with Gasteiger partial charge in [0.05, 0.1) is 0 Å². The van der Waals surface area contributed by atoms with E-state index in [4.69, 9.17) is 11.6 Å². The average molecular weight is 483 g/mol. The lowest BCUT2D eigenvalue weighted by molar-refractivity contribution is 0.102. The Hall–Kier alpha value is -3.82. The van der Waals surface area contributed by atoms with Crippen molar-refractivity contribution in [3.05, 3.63) is 102 Å². The summed E-state index contributed by atoms with van der Waals surface area (Å²) >= 11 is 5.81. The molecule has 0 radical (unpaired) electrons. The molecule has 2 N–H and O–H groups in total. The molecule has 4 rings (SSSR count). The molecule has 0 aliphatic heterocycles. The number of amides is 1. The van der Waals surface area contributed by atoms with Crippen molar-refractivity contribution in [2.75, 3.05) is 10.0 Å². The summed E-state index contributed by atoms with van der Waals surface area (Å²) in [4.78, 5) is 20.1. The van der Waals surface area contributed by atoms with E-state index in [1.54, 1.807) is 36.7 Å². The van der Waals surface area contributed by atoms with E-state index in [0.29, 0.717) is 10.6 Å². The molecule has 10 heteroatoms. The molecule has 7 nitrogen and oxygen atoms in total. The van der Waals surface area contributed by atoms with Crippen LogP contribution >= 0.6 is 11.6 Å². The molecule has 0 unspecified atom stereocenters. The first-order valence-electron chi connectivity index (χ1n) is 9.56. The lowest BCUT2D eigenvalue weighted by Gasteiger charge is -2.12. The van der Waals surface area contributed by atoms with Crippen molar-refractivity contribution in [2.24, 2.45) is 0 Å². The highest BCUT2D eigenvalue weighted by Gasteiger charge is 2.21. The van der Waals surface area contributed by atoms with Crippen LogP contribution in [-0.2, 0) is 10.0 Å². The molecule has 0 saturated heterocycles. The number of aromatic nitrogens is 2. The molecule has 0 aliphatic carbocycles. The van der Waals surface area contributed by atoms with E-state index in [1.165, 1.54) is 36.7 Å². The Balaban J connectivity index is 1.57. The molecule has 4 aromatic rings. The molecule has 3 aromatic carbocycles. The van der Waals surface area contributed by atoms with Crippen molar-refractivity contribution in [2.45, 2.75) is 4.90 Å². The summed E-state index contributed by atoms with van der Waals surface area (Å²) in [5.74, 6) is -1.45. The number of nitrogens with one attached hydrogen (secondary N) is 2. The summed E-state index contributed by atoms with van der Waals surface area (Å²) in [5.41, 5.74) is 2.12. The van der Waals surface area contributed by atoms with Crippen LogP contribution in [0.5, 0.6) is 0 Å². The van der Waals surface area contributed by atoms with Gasteiger partial charge in [0.1, 0.15) is 17.0 Å². The van der Waals surface area contributed by atoms with E-state index in [1.807, 2.05) is 0 Å². The molecule has 1 amide bonds. The van der Waals surface area contributed by atoms with E-state index in [-0.39, 0.29) is 11.4 Å². The molecule has 166 valence electrons. The van der Waals surface area contributed by atoms with Gasteiger partial charge in [0.2, 0.25) is 0 Å². The standard InChI is InChI=1S/C23H16ClFN4O3S/c24-18-4-6-19(7-5-18)29-33(31,32)22-11-20(8-9-21(22)25)28-23(30)16-3-1-2-15(10-16)17-12-26-14-27-13-17/h1-14,29H,(H,28,30). The van der Waals surface area contributed by atoms with Crippen molar-refractivity contribution in [1.29, 1.82) is 0 Å². The number of hydrogen-bond donors (Lipinski definition) is 2. The van der Waals surface area contributed by atoms with Gasteiger partial charge >= 0.3 is 0 Å². The predicted molar refractivity (Wildman–Crippen MR) is 124 cm³/mol. The summed E-state index contributed by atoms with van der Waals surface area (Å²) in [6, 6.07) is 16.0. The van der Waals surface area contributed by atoms with Crippen molar-refractivity contribution in [1.82, 2.24) is 9.97 Å². The maximum atomic E-state index is 14.4. The minimum atomic E-state index is -4.26. The second-order valence-corrected chi connectivity index (χ2v) is 9.01. The minimum Gasteiger partial charge on any atom is -0.322 e. The summed E-state index contributed by atoms with van der Waals surface area (Å²) in [6.07, 6.45) is 4.64. The second-order valence-electron chi connectivity index (χ2n) is 6.92. The second kappa shape index (κ2) is 9.35. The molecule has 0 fully saturated rings. The Kier molecular flexibility index (Phi) is 6.34. The molecule has 1 heterocycles. The Morgan fingerprint density at radius 2 is 1.58 bits per heavy atom. The number of sulfonamides is 1. The average Bonchev–Trinajstić information content (AvgIpc) is 2.82. The van der Waals surface area contributed by atoms with Crippen LogP contribution in [0.25, 0.3) is 11.1 Å². The van der Waals surface area contributed by atoms with Crippen LogP contribution in [-0.4, -0.2) is 24.3 Å². The zero-order valence-corrected chi connectivity index (χ0v) is 18.4. The highest BCUT2D eigenvalue weighted by molar-refractivity contribution is 7.92. The van der Waals surface area contributed by atoms with Crippen molar-refractivity contribution in [3.8, 4) is 11.1 Å². The first-order chi connectivity index (χ1) is 15.8. The maximum absolute atomic E-state index is 14.4. The number of rotatable bonds is 6. The largest absolute Gasteiger partial charge is 0.322 e. The first-order valence-corrected chi connectivity index (χ1v) is 11.4. The minimum absolute atomic E-state index is 0.117. The number of carbonyl (C=O) groups excluding carboxylic acids is 1. The van der Waals surface area contributed by atoms with Gasteiger partial charge in [-0.3, -0.25) is 9.52 Å². The van der Waals surface area contributed by atoms with E-state index in [2.05, 4.69) is 20.0 Å². The van der Waals surface area contributed by atoms with Gasteiger partial charge in [-0.25, -0.2) is 22.8 Å². The van der Waals surface area contributed by atoms with Crippen molar-refractivity contribution < 1.29 is 17.6 Å². The van der Waals surface area contributed by atoms with Crippen LogP contribution in [0.3, 0.4) is 0 Å². The number of benzene rings is 3. The third kappa shape index (κ3) is 5.33. The molecule has 0 spiro atoms. The zero-order valence-electron chi connectivity index (χ0n) is 16.9. The van der Waals surface area contributed by atoms with Gasteiger partial charge in [-0.05, 0) is 60.2 Å². The Morgan fingerprint density at radius 1 is 0.879 bits per heavy atom. The fourth-order valence-electron chi connectivity index (χ4n) is 3.01. The Bertz CT molecular complexity index is 1420. The summed E-state index contributed by atoms with van der Waals surface area (Å²) in [6.45, 7) is 0. The van der Waals surface area contributed by atoms with Gasteiger partial charge in [-0.15, -0.1) is 0 Å². The number of carbonyl (C=O) groups is 1. The molecule has 33 heavy (non-hydrogen) atoms. The van der Waals surface area contributed by atoms with Crippen LogP contribution in [0.1, 0.15) is 10.4 Å². The lowest BCUT2D eigenvalue weighted by atomic mass is 10.1. The molecular formula is C23H16ClFN4O3S. The van der Waals surface area contributed by atoms with Gasteiger partial charge < -0.3 is 5.32 Å². The summed E-state index contributed by atoms with van der Waals surface area (Å²) < 4.78 is 42.1. The number of hydrogen-bond acceptors (Lipinski definition) is 5. The van der Waals surface area contributed by atoms with Crippen LogP contribution < -0.4 is 10.0 Å². The first kappa shape index (κ1) is 22.4. The zero-order chi connectivity index (χ0) is 23.4. The molecule has 0 atom stereocenters. The predicted octanol–water partition coefficient (Wildman–Crippen LogP) is 4.99. The number of anilines is 2. The van der Waals surface area contributed by atoms with Crippen molar-refractivity contribution >= 4 is 38.9 Å². The molecule has 0 bridgehead atoms. The molecular weight excluding hydrogens is 467 g/mol. The van der Waals surface area contributed by atoms with E-state index in [0.717, 1.165) is 23.3 Å². The third-order valence-electron chi connectivity index (χ3n) is 4.59. The van der Waals surface area contributed by atoms with Gasteiger partial charge in [-0.1, -0.05) is 23.7 Å². The van der Waals surface area contributed by atoms with Gasteiger partial charge in [0.15, 0.2) is 0 Å². The number of nitrogens with zero attached hydrogens (tertiary/aromatic N) is 2. The summed E-state index contributed by atoms with van der Waals surface area (Å²) in [7, 11) is -4.26. The van der Waals surface area contributed by atoms with Gasteiger partial charge in [-0.2, -0.15) is 0 Å². The smallest absolute Gasteiger partial charge is 0.264 e. The van der Waals surface area contributed by atoms with Crippen LogP contribution in [0.4, 0.5) is 15.8 Å². The molecule has 1 aromatic heterocycles. The molecule has 0 saturated carbocycles. The van der Waals surface area contributed by atoms with Crippen molar-refractivity contribution in [3.63, 3.8) is 0 Å². The Morgan fingerprint density at radius 3 is 2.30 bits per heavy atom.